The van der Waals surface area contributed by atoms with E-state index in [1.54, 1.807) is 24.3 Å². The molecule has 0 N–H and O–H groups in total. The Morgan fingerprint density at radius 3 is 2.43 bits per heavy atom. The fourth-order valence-electron chi connectivity index (χ4n) is 3.04. The lowest BCUT2D eigenvalue weighted by atomic mass is 9.99. The Labute approximate surface area is 142 Å². The van der Waals surface area contributed by atoms with E-state index in [-0.39, 0.29) is 5.75 Å². The maximum Gasteiger partial charge on any atom is 0.179 e. The minimum atomic E-state index is -3.25. The average molecular weight is 350 g/mol. The quantitative estimate of drug-likeness (QED) is 0.827. The first-order chi connectivity index (χ1) is 11.0. The van der Waals surface area contributed by atoms with Crippen molar-refractivity contribution < 1.29 is 8.42 Å². The third kappa shape index (κ3) is 4.14. The molecule has 1 atom stereocenters. The Kier molecular flexibility index (Phi) is 5.05. The van der Waals surface area contributed by atoms with Gasteiger partial charge in [0.05, 0.1) is 10.6 Å². The number of hydrogen-bond acceptors (Lipinski definition) is 3. The first-order valence-corrected chi connectivity index (χ1v) is 9.83. The summed E-state index contributed by atoms with van der Waals surface area (Å²) in [5.41, 5.74) is 1.34. The van der Waals surface area contributed by atoms with E-state index in [0.717, 1.165) is 19.5 Å². The molecule has 1 fully saturated rings. The van der Waals surface area contributed by atoms with Gasteiger partial charge in [-0.3, -0.25) is 0 Å². The Morgan fingerprint density at radius 2 is 1.74 bits per heavy atom. The van der Waals surface area contributed by atoms with Crippen LogP contribution in [0.15, 0.2) is 59.5 Å². The molecule has 1 aliphatic rings. The lowest BCUT2D eigenvalue weighted by Crippen LogP contribution is -2.27. The molecule has 1 aliphatic heterocycles. The summed E-state index contributed by atoms with van der Waals surface area (Å²) in [7, 11) is -3.25. The maximum atomic E-state index is 12.4. The van der Waals surface area contributed by atoms with Crippen molar-refractivity contribution in [2.45, 2.75) is 17.2 Å². The van der Waals surface area contributed by atoms with Crippen molar-refractivity contribution in [3.8, 4) is 0 Å². The van der Waals surface area contributed by atoms with Gasteiger partial charge in [0, 0.05) is 18.1 Å². The molecule has 2 aromatic carbocycles. The van der Waals surface area contributed by atoms with Crippen molar-refractivity contribution in [2.75, 3.05) is 25.4 Å². The molecule has 3 nitrogen and oxygen atoms in total. The van der Waals surface area contributed by atoms with Crippen LogP contribution in [-0.2, 0) is 9.84 Å². The summed E-state index contributed by atoms with van der Waals surface area (Å²) in [6.45, 7) is 2.46. The number of nitrogens with zero attached hydrogens (tertiary/aromatic N) is 1. The summed E-state index contributed by atoms with van der Waals surface area (Å²) in [5, 5.41) is 0.550. The summed E-state index contributed by atoms with van der Waals surface area (Å²) in [5.74, 6) is 0.658. The molecule has 1 heterocycles. The molecule has 2 aromatic rings. The molecule has 0 spiro atoms. The normalized spacial score (nSPS) is 19.1. The van der Waals surface area contributed by atoms with Gasteiger partial charge in [0.2, 0.25) is 0 Å². The van der Waals surface area contributed by atoms with E-state index in [2.05, 4.69) is 29.2 Å². The van der Waals surface area contributed by atoms with Crippen molar-refractivity contribution in [2.24, 2.45) is 0 Å². The van der Waals surface area contributed by atoms with Crippen molar-refractivity contribution in [1.29, 1.82) is 0 Å². The van der Waals surface area contributed by atoms with Crippen LogP contribution in [-0.4, -0.2) is 38.7 Å². The van der Waals surface area contributed by atoms with Gasteiger partial charge in [-0.1, -0.05) is 41.9 Å². The smallest absolute Gasteiger partial charge is 0.179 e. The highest BCUT2D eigenvalue weighted by Gasteiger charge is 2.25. The van der Waals surface area contributed by atoms with Gasteiger partial charge in [-0.25, -0.2) is 8.42 Å². The van der Waals surface area contributed by atoms with Crippen LogP contribution in [0.3, 0.4) is 0 Å². The number of hydrogen-bond donors (Lipinski definition) is 0. The summed E-state index contributed by atoms with van der Waals surface area (Å²) in [4.78, 5) is 2.59. The van der Waals surface area contributed by atoms with E-state index in [0.29, 0.717) is 22.4 Å². The molecular formula is C18H20ClNO2S. The lowest BCUT2D eigenvalue weighted by Gasteiger charge is -2.16. The lowest BCUT2D eigenvalue weighted by molar-refractivity contribution is 0.354. The third-order valence-electron chi connectivity index (χ3n) is 4.39. The van der Waals surface area contributed by atoms with Crippen LogP contribution >= 0.6 is 11.6 Å². The van der Waals surface area contributed by atoms with E-state index >= 15 is 0 Å². The number of rotatable bonds is 5. The SMILES string of the molecule is O=S(=O)(CCN1CC[C@H](c2ccccc2)C1)c1ccc(Cl)cc1. The second-order valence-electron chi connectivity index (χ2n) is 5.97. The second kappa shape index (κ2) is 7.04. The first-order valence-electron chi connectivity index (χ1n) is 7.80. The van der Waals surface area contributed by atoms with E-state index in [9.17, 15) is 8.42 Å². The number of likely N-dealkylation sites (tertiary alicyclic amines) is 1. The molecular weight excluding hydrogens is 330 g/mol. The molecule has 0 unspecified atom stereocenters. The van der Waals surface area contributed by atoms with Crippen molar-refractivity contribution in [1.82, 2.24) is 4.90 Å². The molecule has 0 amide bonds. The van der Waals surface area contributed by atoms with Crippen LogP contribution in [0.5, 0.6) is 0 Å². The van der Waals surface area contributed by atoms with Gasteiger partial charge >= 0.3 is 0 Å². The number of halogens is 1. The van der Waals surface area contributed by atoms with E-state index in [1.165, 1.54) is 5.56 Å². The predicted octanol–water partition coefficient (Wildman–Crippen LogP) is 3.60. The van der Waals surface area contributed by atoms with Crippen LogP contribution in [0.4, 0.5) is 0 Å². The molecule has 5 heteroatoms. The van der Waals surface area contributed by atoms with Crippen LogP contribution < -0.4 is 0 Å². The highest BCUT2D eigenvalue weighted by atomic mass is 35.5. The molecule has 0 radical (unpaired) electrons. The monoisotopic (exact) mass is 349 g/mol. The highest BCUT2D eigenvalue weighted by molar-refractivity contribution is 7.91. The fraction of sp³-hybridized carbons (Fsp3) is 0.333. The van der Waals surface area contributed by atoms with Gasteiger partial charge in [0.25, 0.3) is 0 Å². The molecule has 1 saturated heterocycles. The predicted molar refractivity (Wildman–Crippen MR) is 93.7 cm³/mol. The van der Waals surface area contributed by atoms with Gasteiger partial charge in [-0.05, 0) is 48.7 Å². The number of benzene rings is 2. The molecule has 122 valence electrons. The van der Waals surface area contributed by atoms with Gasteiger partial charge in [-0.2, -0.15) is 0 Å². The first kappa shape index (κ1) is 16.5. The van der Waals surface area contributed by atoms with Gasteiger partial charge in [-0.15, -0.1) is 0 Å². The largest absolute Gasteiger partial charge is 0.302 e. The van der Waals surface area contributed by atoms with Gasteiger partial charge < -0.3 is 4.90 Å². The maximum absolute atomic E-state index is 12.4. The van der Waals surface area contributed by atoms with E-state index in [1.807, 2.05) is 6.07 Å². The third-order valence-corrected chi connectivity index (χ3v) is 6.35. The zero-order valence-corrected chi connectivity index (χ0v) is 14.4. The van der Waals surface area contributed by atoms with E-state index in [4.69, 9.17) is 11.6 Å². The highest BCUT2D eigenvalue weighted by Crippen LogP contribution is 2.27. The van der Waals surface area contributed by atoms with Crippen molar-refractivity contribution in [3.05, 3.63) is 65.2 Å². The minimum Gasteiger partial charge on any atom is -0.302 e. The summed E-state index contributed by atoms with van der Waals surface area (Å²) >= 11 is 5.81. The summed E-state index contributed by atoms with van der Waals surface area (Å²) in [6, 6.07) is 16.8. The molecule has 0 saturated carbocycles. The van der Waals surface area contributed by atoms with E-state index < -0.39 is 9.84 Å². The molecule has 0 aliphatic carbocycles. The van der Waals surface area contributed by atoms with Crippen molar-refractivity contribution in [3.63, 3.8) is 0 Å². The van der Waals surface area contributed by atoms with Crippen LogP contribution in [0.1, 0.15) is 17.9 Å². The van der Waals surface area contributed by atoms with Gasteiger partial charge in [0.15, 0.2) is 9.84 Å². The Morgan fingerprint density at radius 1 is 1.04 bits per heavy atom. The Hall–Kier alpha value is -1.36. The minimum absolute atomic E-state index is 0.149. The average Bonchev–Trinajstić information content (AvgIpc) is 3.03. The summed E-state index contributed by atoms with van der Waals surface area (Å²) < 4.78 is 24.8. The standard InChI is InChI=1S/C18H20ClNO2S/c19-17-6-8-18(9-7-17)23(21,22)13-12-20-11-10-16(14-20)15-4-2-1-3-5-15/h1-9,16H,10-14H2/t16-/m0/s1. The Balaban J connectivity index is 1.58. The van der Waals surface area contributed by atoms with Crippen LogP contribution in [0.2, 0.25) is 5.02 Å². The van der Waals surface area contributed by atoms with Gasteiger partial charge in [0.1, 0.15) is 0 Å². The summed E-state index contributed by atoms with van der Waals surface area (Å²) in [6.07, 6.45) is 1.09. The number of sulfone groups is 1. The van der Waals surface area contributed by atoms with Crippen LogP contribution in [0.25, 0.3) is 0 Å². The molecule has 0 bridgehead atoms. The van der Waals surface area contributed by atoms with Crippen LogP contribution in [0, 0.1) is 0 Å². The zero-order valence-electron chi connectivity index (χ0n) is 12.9. The second-order valence-corrected chi connectivity index (χ2v) is 8.52. The Bertz CT molecular complexity index is 744. The molecule has 3 rings (SSSR count). The molecule has 23 heavy (non-hydrogen) atoms. The topological polar surface area (TPSA) is 37.4 Å². The fourth-order valence-corrected chi connectivity index (χ4v) is 4.45. The molecule has 0 aromatic heterocycles. The zero-order chi connectivity index (χ0) is 16.3. The van der Waals surface area contributed by atoms with Crippen molar-refractivity contribution >= 4 is 21.4 Å².